The van der Waals surface area contributed by atoms with E-state index in [1.807, 2.05) is 11.9 Å². The maximum Gasteiger partial charge on any atom is 0.229 e. The van der Waals surface area contributed by atoms with Crippen molar-refractivity contribution in [1.82, 2.24) is 10.2 Å². The number of hydrogen-bond acceptors (Lipinski definition) is 2. The minimum absolute atomic E-state index is 0.141. The van der Waals surface area contributed by atoms with Gasteiger partial charge in [-0.1, -0.05) is 31.2 Å². The van der Waals surface area contributed by atoms with Crippen LogP contribution in [-0.2, 0) is 11.2 Å². The predicted octanol–water partition coefficient (Wildman–Crippen LogP) is 2.91. The maximum absolute atomic E-state index is 13.1. The van der Waals surface area contributed by atoms with E-state index in [4.69, 9.17) is 0 Å². The highest BCUT2D eigenvalue weighted by molar-refractivity contribution is 5.83. The second-order valence-corrected chi connectivity index (χ2v) is 6.55. The van der Waals surface area contributed by atoms with Crippen LogP contribution in [0.3, 0.4) is 0 Å². The van der Waals surface area contributed by atoms with Crippen molar-refractivity contribution in [3.8, 4) is 0 Å². The fourth-order valence-corrected chi connectivity index (χ4v) is 4.08. The summed E-state index contributed by atoms with van der Waals surface area (Å²) in [7, 11) is 2.01. The van der Waals surface area contributed by atoms with Crippen LogP contribution < -0.4 is 5.32 Å². The number of nitrogens with zero attached hydrogens (tertiary/aromatic N) is 1. The lowest BCUT2D eigenvalue weighted by Crippen LogP contribution is -2.48. The lowest BCUT2D eigenvalue weighted by atomic mass is 9.75. The second kappa shape index (κ2) is 5.80. The maximum atomic E-state index is 13.1. The zero-order valence-corrected chi connectivity index (χ0v) is 13.2. The van der Waals surface area contributed by atoms with Crippen LogP contribution in [0.25, 0.3) is 0 Å². The minimum Gasteiger partial charge on any atom is -0.338 e. The van der Waals surface area contributed by atoms with Gasteiger partial charge in [-0.15, -0.1) is 0 Å². The smallest absolute Gasteiger partial charge is 0.229 e. The first-order valence-electron chi connectivity index (χ1n) is 8.24. The number of fused-ring (bicyclic) bond motifs is 1. The highest BCUT2D eigenvalue weighted by Gasteiger charge is 2.42. The topological polar surface area (TPSA) is 32.3 Å². The zero-order valence-electron chi connectivity index (χ0n) is 13.2. The van der Waals surface area contributed by atoms with Crippen LogP contribution in [0.2, 0.25) is 0 Å². The Morgan fingerprint density at radius 3 is 2.76 bits per heavy atom. The molecule has 3 rings (SSSR count). The molecule has 0 radical (unpaired) electrons. The van der Waals surface area contributed by atoms with E-state index in [-0.39, 0.29) is 11.5 Å². The first kappa shape index (κ1) is 14.6. The Morgan fingerprint density at radius 2 is 2.05 bits per heavy atom. The Morgan fingerprint density at radius 1 is 1.33 bits per heavy atom. The van der Waals surface area contributed by atoms with Crippen LogP contribution in [0, 0.1) is 5.41 Å². The van der Waals surface area contributed by atoms with Crippen LogP contribution in [0.1, 0.15) is 49.8 Å². The summed E-state index contributed by atoms with van der Waals surface area (Å²) >= 11 is 0. The van der Waals surface area contributed by atoms with Crippen LogP contribution in [-0.4, -0.2) is 30.9 Å². The number of piperidine rings is 1. The van der Waals surface area contributed by atoms with Gasteiger partial charge in [0.05, 0.1) is 11.5 Å². The summed E-state index contributed by atoms with van der Waals surface area (Å²) in [4.78, 5) is 15.2. The highest BCUT2D eigenvalue weighted by atomic mass is 16.2. The number of nitrogens with one attached hydrogen (secondary N) is 1. The van der Waals surface area contributed by atoms with Crippen molar-refractivity contribution in [3.63, 3.8) is 0 Å². The van der Waals surface area contributed by atoms with E-state index in [9.17, 15) is 4.79 Å². The Kier molecular flexibility index (Phi) is 4.03. The summed E-state index contributed by atoms with van der Waals surface area (Å²) in [5.74, 6) is 0.355. The molecule has 3 heteroatoms. The molecule has 0 aromatic heterocycles. The third-order valence-corrected chi connectivity index (χ3v) is 5.58. The number of benzene rings is 1. The van der Waals surface area contributed by atoms with Crippen molar-refractivity contribution < 1.29 is 4.79 Å². The lowest BCUT2D eigenvalue weighted by molar-refractivity contribution is -0.145. The van der Waals surface area contributed by atoms with Gasteiger partial charge < -0.3 is 10.2 Å². The van der Waals surface area contributed by atoms with Crippen molar-refractivity contribution in [2.24, 2.45) is 5.41 Å². The van der Waals surface area contributed by atoms with Gasteiger partial charge >= 0.3 is 0 Å². The molecule has 1 heterocycles. The molecule has 2 aliphatic rings. The monoisotopic (exact) mass is 286 g/mol. The van der Waals surface area contributed by atoms with Gasteiger partial charge in [0.1, 0.15) is 0 Å². The van der Waals surface area contributed by atoms with Gasteiger partial charge in [0.25, 0.3) is 0 Å². The lowest BCUT2D eigenvalue weighted by Gasteiger charge is -2.40. The van der Waals surface area contributed by atoms with Crippen molar-refractivity contribution in [3.05, 3.63) is 35.4 Å². The second-order valence-electron chi connectivity index (χ2n) is 6.55. The largest absolute Gasteiger partial charge is 0.338 e. The fraction of sp³-hybridized carbons (Fsp3) is 0.611. The average molecular weight is 286 g/mol. The highest BCUT2D eigenvalue weighted by Crippen LogP contribution is 2.40. The Labute approximate surface area is 127 Å². The SMILES string of the molecule is CCC1(C(=O)N(C)C2CCc3ccccc32)CCNCC1. The molecule has 1 amide bonds. The van der Waals surface area contributed by atoms with Gasteiger partial charge in [0.15, 0.2) is 0 Å². The molecule has 1 unspecified atom stereocenters. The van der Waals surface area contributed by atoms with Gasteiger partial charge in [-0.2, -0.15) is 0 Å². The number of carbonyl (C=O) groups is 1. The molecule has 21 heavy (non-hydrogen) atoms. The Hall–Kier alpha value is -1.35. The molecule has 1 aliphatic carbocycles. The molecule has 0 saturated carbocycles. The molecule has 1 N–H and O–H groups in total. The van der Waals surface area contributed by atoms with E-state index in [0.29, 0.717) is 5.91 Å². The van der Waals surface area contributed by atoms with Gasteiger partial charge in [-0.3, -0.25) is 4.79 Å². The molecule has 1 saturated heterocycles. The number of rotatable bonds is 3. The first-order valence-corrected chi connectivity index (χ1v) is 8.24. The molecule has 0 bridgehead atoms. The number of aryl methyl sites for hydroxylation is 1. The van der Waals surface area contributed by atoms with Gasteiger partial charge in [0.2, 0.25) is 5.91 Å². The van der Waals surface area contributed by atoms with E-state index in [1.54, 1.807) is 0 Å². The summed E-state index contributed by atoms with van der Waals surface area (Å²) < 4.78 is 0. The normalized spacial score (nSPS) is 23.6. The molecule has 1 aliphatic heterocycles. The Bertz CT molecular complexity index is 520. The third kappa shape index (κ3) is 2.48. The molecular weight excluding hydrogens is 260 g/mol. The summed E-state index contributed by atoms with van der Waals surface area (Å²) in [5.41, 5.74) is 2.63. The molecule has 1 atom stereocenters. The van der Waals surface area contributed by atoms with E-state index in [2.05, 4.69) is 36.5 Å². The van der Waals surface area contributed by atoms with Crippen LogP contribution in [0.4, 0.5) is 0 Å². The standard InChI is InChI=1S/C18H26N2O/c1-3-18(10-12-19-13-11-18)17(21)20(2)16-9-8-14-6-4-5-7-15(14)16/h4-7,16,19H,3,8-13H2,1-2H3. The molecular formula is C18H26N2O. The van der Waals surface area contributed by atoms with Gasteiger partial charge in [0, 0.05) is 7.05 Å². The van der Waals surface area contributed by atoms with E-state index in [1.165, 1.54) is 11.1 Å². The zero-order chi connectivity index (χ0) is 14.9. The van der Waals surface area contributed by atoms with E-state index in [0.717, 1.165) is 45.2 Å². The minimum atomic E-state index is -0.141. The van der Waals surface area contributed by atoms with Crippen molar-refractivity contribution >= 4 is 5.91 Å². The first-order chi connectivity index (χ1) is 10.2. The third-order valence-electron chi connectivity index (χ3n) is 5.58. The molecule has 1 aromatic rings. The van der Waals surface area contributed by atoms with E-state index >= 15 is 0 Å². The summed E-state index contributed by atoms with van der Waals surface area (Å²) in [6.45, 7) is 4.10. The number of hydrogen-bond donors (Lipinski definition) is 1. The quantitative estimate of drug-likeness (QED) is 0.926. The molecule has 3 nitrogen and oxygen atoms in total. The van der Waals surface area contributed by atoms with Crippen LogP contribution >= 0.6 is 0 Å². The Balaban J connectivity index is 1.82. The van der Waals surface area contributed by atoms with Gasteiger partial charge in [-0.25, -0.2) is 0 Å². The van der Waals surface area contributed by atoms with Crippen molar-refractivity contribution in [2.75, 3.05) is 20.1 Å². The van der Waals surface area contributed by atoms with Gasteiger partial charge in [-0.05, 0) is 56.3 Å². The van der Waals surface area contributed by atoms with Crippen LogP contribution in [0.15, 0.2) is 24.3 Å². The summed E-state index contributed by atoms with van der Waals surface area (Å²) in [6, 6.07) is 8.86. The van der Waals surface area contributed by atoms with Crippen molar-refractivity contribution in [2.45, 2.75) is 45.1 Å². The number of amides is 1. The fourth-order valence-electron chi connectivity index (χ4n) is 4.08. The molecule has 114 valence electrons. The molecule has 0 spiro atoms. The molecule has 1 aromatic carbocycles. The van der Waals surface area contributed by atoms with Crippen LogP contribution in [0.5, 0.6) is 0 Å². The van der Waals surface area contributed by atoms with E-state index < -0.39 is 0 Å². The summed E-state index contributed by atoms with van der Waals surface area (Å²) in [6.07, 6.45) is 5.06. The predicted molar refractivity (Wildman–Crippen MR) is 85.1 cm³/mol. The summed E-state index contributed by atoms with van der Waals surface area (Å²) in [5, 5.41) is 3.38. The molecule has 1 fully saturated rings. The average Bonchev–Trinajstić information content (AvgIpc) is 2.98. The number of carbonyl (C=O) groups excluding carboxylic acids is 1. The van der Waals surface area contributed by atoms with Crippen molar-refractivity contribution in [1.29, 1.82) is 0 Å².